The van der Waals surface area contributed by atoms with Crippen LogP contribution in [-0.4, -0.2) is 29.8 Å². The number of fused-ring (bicyclic) bond motifs is 1. The number of nitrogen functional groups attached to an aromatic ring is 1. The molecule has 1 atom stereocenters. The molecule has 2 aromatic carbocycles. The summed E-state index contributed by atoms with van der Waals surface area (Å²) in [5, 5.41) is 3.57. The molecule has 0 unspecified atom stereocenters. The lowest BCUT2D eigenvalue weighted by Gasteiger charge is -2.30. The lowest BCUT2D eigenvalue weighted by Crippen LogP contribution is -2.21. The SMILES string of the molecule is C[C@@H](OC(=O)Nc1ccc(-c2c(N)c3cc(OCC(F)F)ccc3n2C2CCC2)cc1)C1CC1. The van der Waals surface area contributed by atoms with Gasteiger partial charge in [-0.25, -0.2) is 13.6 Å². The van der Waals surface area contributed by atoms with Gasteiger partial charge in [-0.2, -0.15) is 0 Å². The lowest BCUT2D eigenvalue weighted by atomic mass is 9.92. The average Bonchev–Trinajstić information content (AvgIpc) is 3.59. The van der Waals surface area contributed by atoms with Gasteiger partial charge in [-0.1, -0.05) is 12.1 Å². The van der Waals surface area contributed by atoms with Crippen LogP contribution < -0.4 is 15.8 Å². The summed E-state index contributed by atoms with van der Waals surface area (Å²) >= 11 is 0. The zero-order valence-electron chi connectivity index (χ0n) is 19.1. The standard InChI is InChI=1S/C26H29F2N3O3/c1-15(16-5-6-16)34-26(32)30-18-9-7-17(8-10-18)25-24(29)21-13-20(33-14-23(27)28)11-12-22(21)31(25)19-3-2-4-19/h7-13,15-16,19,23H,2-6,14,29H2,1H3,(H,30,32)/t15-/m1/s1. The normalized spacial score (nSPS) is 16.9. The van der Waals surface area contributed by atoms with Crippen molar-refractivity contribution in [2.75, 3.05) is 17.7 Å². The van der Waals surface area contributed by atoms with E-state index in [-0.39, 0.29) is 6.10 Å². The number of nitrogens with one attached hydrogen (secondary N) is 1. The minimum atomic E-state index is -2.54. The highest BCUT2D eigenvalue weighted by Gasteiger charge is 2.31. The van der Waals surface area contributed by atoms with Crippen molar-refractivity contribution in [1.82, 2.24) is 4.57 Å². The van der Waals surface area contributed by atoms with E-state index < -0.39 is 19.1 Å². The lowest BCUT2D eigenvalue weighted by molar-refractivity contribution is 0.0819. The predicted octanol–water partition coefficient (Wildman–Crippen LogP) is 6.61. The van der Waals surface area contributed by atoms with E-state index in [0.717, 1.165) is 54.3 Å². The van der Waals surface area contributed by atoms with Crippen LogP contribution in [0.1, 0.15) is 45.1 Å². The van der Waals surface area contributed by atoms with E-state index in [0.29, 0.717) is 29.1 Å². The van der Waals surface area contributed by atoms with Gasteiger partial charge in [-0.15, -0.1) is 0 Å². The van der Waals surface area contributed by atoms with Gasteiger partial charge in [0.15, 0.2) is 0 Å². The highest BCUT2D eigenvalue weighted by molar-refractivity contribution is 6.02. The summed E-state index contributed by atoms with van der Waals surface area (Å²) in [6.07, 6.45) is 2.43. The van der Waals surface area contributed by atoms with Crippen molar-refractivity contribution in [3.8, 4) is 17.0 Å². The van der Waals surface area contributed by atoms with E-state index in [1.54, 1.807) is 12.1 Å². The fraction of sp³-hybridized carbons (Fsp3) is 0.423. The fourth-order valence-electron chi connectivity index (χ4n) is 4.58. The third-order valence-corrected chi connectivity index (χ3v) is 6.81. The summed E-state index contributed by atoms with van der Waals surface area (Å²) in [4.78, 5) is 12.2. The first-order chi connectivity index (χ1) is 16.4. The number of carbonyl (C=O) groups is 1. The molecule has 2 fully saturated rings. The number of amides is 1. The number of aromatic nitrogens is 1. The first-order valence-corrected chi connectivity index (χ1v) is 11.8. The molecule has 5 rings (SSSR count). The van der Waals surface area contributed by atoms with Gasteiger partial charge in [0, 0.05) is 22.7 Å². The average molecular weight is 470 g/mol. The molecule has 1 aromatic heterocycles. The topological polar surface area (TPSA) is 78.5 Å². The van der Waals surface area contributed by atoms with Crippen molar-refractivity contribution < 1.29 is 23.0 Å². The number of hydrogen-bond donors (Lipinski definition) is 2. The Bertz CT molecular complexity index is 1180. The molecule has 0 bridgehead atoms. The minimum absolute atomic E-state index is 0.0770. The van der Waals surface area contributed by atoms with E-state index in [2.05, 4.69) is 9.88 Å². The van der Waals surface area contributed by atoms with Crippen molar-refractivity contribution >= 4 is 28.4 Å². The maximum atomic E-state index is 12.6. The van der Waals surface area contributed by atoms with Crippen LogP contribution in [0.4, 0.5) is 25.0 Å². The summed E-state index contributed by atoms with van der Waals surface area (Å²) in [6.45, 7) is 1.27. The Morgan fingerprint density at radius 2 is 1.88 bits per heavy atom. The highest BCUT2D eigenvalue weighted by atomic mass is 19.3. The Kier molecular flexibility index (Phi) is 6.06. The predicted molar refractivity (Wildman–Crippen MR) is 128 cm³/mol. The number of benzene rings is 2. The maximum Gasteiger partial charge on any atom is 0.411 e. The Hall–Kier alpha value is -3.29. The fourth-order valence-corrected chi connectivity index (χ4v) is 4.58. The first-order valence-electron chi connectivity index (χ1n) is 11.8. The Morgan fingerprint density at radius 1 is 1.15 bits per heavy atom. The summed E-state index contributed by atoms with van der Waals surface area (Å²) in [7, 11) is 0. The zero-order valence-corrected chi connectivity index (χ0v) is 19.1. The number of alkyl halides is 2. The molecule has 6 nitrogen and oxygen atoms in total. The second-order valence-corrected chi connectivity index (χ2v) is 9.25. The van der Waals surface area contributed by atoms with Gasteiger partial charge in [0.25, 0.3) is 6.43 Å². The summed E-state index contributed by atoms with van der Waals surface area (Å²) < 4.78 is 38.1. The molecule has 0 radical (unpaired) electrons. The van der Waals surface area contributed by atoms with Crippen LogP contribution in [0.25, 0.3) is 22.2 Å². The highest BCUT2D eigenvalue weighted by Crippen LogP contribution is 2.45. The molecule has 0 aliphatic heterocycles. The molecule has 0 spiro atoms. The van der Waals surface area contributed by atoms with E-state index >= 15 is 0 Å². The zero-order chi connectivity index (χ0) is 23.8. The third-order valence-electron chi connectivity index (χ3n) is 6.81. The molecule has 0 saturated heterocycles. The summed E-state index contributed by atoms with van der Waals surface area (Å²) in [5.41, 5.74) is 10.6. The van der Waals surface area contributed by atoms with Crippen molar-refractivity contribution in [1.29, 1.82) is 0 Å². The molecule has 3 aromatic rings. The molecule has 8 heteroatoms. The second kappa shape index (κ2) is 9.16. The van der Waals surface area contributed by atoms with Crippen molar-refractivity contribution in [2.24, 2.45) is 5.92 Å². The van der Waals surface area contributed by atoms with Crippen molar-refractivity contribution in [3.63, 3.8) is 0 Å². The largest absolute Gasteiger partial charge is 0.488 e. The van der Waals surface area contributed by atoms with Crippen LogP contribution in [0.3, 0.4) is 0 Å². The Labute approximate surface area is 197 Å². The molecule has 2 aliphatic carbocycles. The molecule has 3 N–H and O–H groups in total. The summed E-state index contributed by atoms with van der Waals surface area (Å²) in [5.74, 6) is 0.848. The van der Waals surface area contributed by atoms with Gasteiger partial charge < -0.3 is 19.8 Å². The number of nitrogens with zero attached hydrogens (tertiary/aromatic N) is 1. The van der Waals surface area contributed by atoms with Crippen LogP contribution >= 0.6 is 0 Å². The molecular formula is C26H29F2N3O3. The number of hydrogen-bond acceptors (Lipinski definition) is 4. The van der Waals surface area contributed by atoms with E-state index in [1.807, 2.05) is 37.3 Å². The van der Waals surface area contributed by atoms with E-state index in [9.17, 15) is 13.6 Å². The number of halogens is 2. The molecular weight excluding hydrogens is 440 g/mol. The van der Waals surface area contributed by atoms with Crippen LogP contribution in [0, 0.1) is 5.92 Å². The van der Waals surface area contributed by atoms with Gasteiger partial charge in [-0.3, -0.25) is 5.32 Å². The quantitative estimate of drug-likeness (QED) is 0.389. The van der Waals surface area contributed by atoms with Gasteiger partial charge in [0.1, 0.15) is 18.5 Å². The van der Waals surface area contributed by atoms with Crippen LogP contribution in [0.5, 0.6) is 5.75 Å². The Morgan fingerprint density at radius 3 is 2.50 bits per heavy atom. The molecule has 180 valence electrons. The molecule has 2 aliphatic rings. The van der Waals surface area contributed by atoms with Crippen LogP contribution in [0.15, 0.2) is 42.5 Å². The third kappa shape index (κ3) is 4.54. The number of carbonyl (C=O) groups excluding carboxylic acids is 1. The van der Waals surface area contributed by atoms with Crippen molar-refractivity contribution in [3.05, 3.63) is 42.5 Å². The van der Waals surface area contributed by atoms with Gasteiger partial charge in [-0.05, 0) is 75.3 Å². The van der Waals surface area contributed by atoms with Gasteiger partial charge in [0.2, 0.25) is 0 Å². The minimum Gasteiger partial charge on any atom is -0.488 e. The second-order valence-electron chi connectivity index (χ2n) is 9.25. The first kappa shape index (κ1) is 22.5. The molecule has 2 saturated carbocycles. The van der Waals surface area contributed by atoms with Gasteiger partial charge in [0.05, 0.1) is 16.9 Å². The van der Waals surface area contributed by atoms with E-state index in [4.69, 9.17) is 15.2 Å². The summed E-state index contributed by atoms with van der Waals surface area (Å²) in [6, 6.07) is 13.2. The van der Waals surface area contributed by atoms with Crippen LogP contribution in [-0.2, 0) is 4.74 Å². The van der Waals surface area contributed by atoms with Crippen molar-refractivity contribution in [2.45, 2.75) is 57.6 Å². The Balaban J connectivity index is 1.42. The molecule has 34 heavy (non-hydrogen) atoms. The molecule has 1 amide bonds. The maximum absolute atomic E-state index is 12.6. The van der Waals surface area contributed by atoms with Crippen LogP contribution in [0.2, 0.25) is 0 Å². The number of anilines is 2. The monoisotopic (exact) mass is 469 g/mol. The number of rotatable bonds is 8. The molecule has 1 heterocycles. The number of nitrogens with two attached hydrogens (primary N) is 1. The van der Waals surface area contributed by atoms with E-state index in [1.165, 1.54) is 0 Å². The number of ether oxygens (including phenoxy) is 2. The van der Waals surface area contributed by atoms with Gasteiger partial charge >= 0.3 is 6.09 Å². The smallest absolute Gasteiger partial charge is 0.411 e.